The second-order valence-electron chi connectivity index (χ2n) is 7.51. The van der Waals surface area contributed by atoms with Gasteiger partial charge in [0.2, 0.25) is 0 Å². The molecule has 0 bridgehead atoms. The summed E-state index contributed by atoms with van der Waals surface area (Å²) >= 11 is 0. The van der Waals surface area contributed by atoms with Crippen LogP contribution in [-0.2, 0) is 14.8 Å². The molecule has 0 aliphatic carbocycles. The van der Waals surface area contributed by atoms with E-state index in [0.717, 1.165) is 16.7 Å². The van der Waals surface area contributed by atoms with E-state index in [1.807, 2.05) is 57.2 Å². The second kappa shape index (κ2) is 9.22. The summed E-state index contributed by atoms with van der Waals surface area (Å²) in [6, 6.07) is 18.9. The van der Waals surface area contributed by atoms with E-state index < -0.39 is 16.1 Å². The number of rotatable bonds is 7. The molecule has 0 saturated heterocycles. The van der Waals surface area contributed by atoms with E-state index >= 15 is 0 Å². The van der Waals surface area contributed by atoms with Crippen molar-refractivity contribution in [1.82, 2.24) is 0 Å². The lowest BCUT2D eigenvalue weighted by Crippen LogP contribution is -2.30. The lowest BCUT2D eigenvalue weighted by molar-refractivity contribution is -0.122. The predicted octanol–water partition coefficient (Wildman–Crippen LogP) is 4.82. The van der Waals surface area contributed by atoms with Gasteiger partial charge in [0.05, 0.1) is 10.6 Å². The number of carbonyl (C=O) groups is 1. The Hall–Kier alpha value is -3.32. The Balaban J connectivity index is 1.64. The van der Waals surface area contributed by atoms with Gasteiger partial charge < -0.3 is 10.1 Å². The molecular weight excluding hydrogens is 412 g/mol. The smallest absolute Gasteiger partial charge is 0.265 e. The summed E-state index contributed by atoms with van der Waals surface area (Å²) in [5.41, 5.74) is 4.02. The number of aryl methyl sites for hydroxylation is 3. The van der Waals surface area contributed by atoms with Gasteiger partial charge >= 0.3 is 0 Å². The number of sulfonamides is 1. The molecule has 0 fully saturated rings. The Morgan fingerprint density at radius 2 is 1.48 bits per heavy atom. The van der Waals surface area contributed by atoms with Crippen molar-refractivity contribution in [1.29, 1.82) is 0 Å². The van der Waals surface area contributed by atoms with Crippen LogP contribution in [0.15, 0.2) is 71.6 Å². The average Bonchev–Trinajstić information content (AvgIpc) is 2.72. The van der Waals surface area contributed by atoms with E-state index in [4.69, 9.17) is 4.74 Å². The van der Waals surface area contributed by atoms with Gasteiger partial charge in [0.25, 0.3) is 15.9 Å². The van der Waals surface area contributed by atoms with Crippen LogP contribution in [0.2, 0.25) is 0 Å². The Morgan fingerprint density at radius 3 is 2.10 bits per heavy atom. The molecule has 3 rings (SSSR count). The zero-order chi connectivity index (χ0) is 22.6. The zero-order valence-corrected chi connectivity index (χ0v) is 18.8. The van der Waals surface area contributed by atoms with Crippen molar-refractivity contribution < 1.29 is 17.9 Å². The van der Waals surface area contributed by atoms with E-state index in [-0.39, 0.29) is 10.8 Å². The Bertz CT molecular complexity index is 1170. The van der Waals surface area contributed by atoms with E-state index in [9.17, 15) is 13.2 Å². The molecule has 1 atom stereocenters. The molecule has 162 valence electrons. The van der Waals surface area contributed by atoms with Gasteiger partial charge in [-0.15, -0.1) is 0 Å². The van der Waals surface area contributed by atoms with Gasteiger partial charge in [0.15, 0.2) is 6.10 Å². The van der Waals surface area contributed by atoms with Gasteiger partial charge in [-0.25, -0.2) is 8.42 Å². The average molecular weight is 439 g/mol. The third-order valence-corrected chi connectivity index (χ3v) is 6.14. The van der Waals surface area contributed by atoms with Gasteiger partial charge in [-0.3, -0.25) is 9.52 Å². The SMILES string of the molecule is Cc1ccc(OC(C)C(=O)Nc2ccc(S(=O)(=O)Nc3ccc(C)cc3C)cc2)cc1. The van der Waals surface area contributed by atoms with Crippen LogP contribution >= 0.6 is 0 Å². The fourth-order valence-electron chi connectivity index (χ4n) is 2.97. The van der Waals surface area contributed by atoms with Crippen molar-refractivity contribution >= 4 is 27.3 Å². The van der Waals surface area contributed by atoms with Crippen LogP contribution in [0.4, 0.5) is 11.4 Å². The van der Waals surface area contributed by atoms with Crippen LogP contribution in [0.25, 0.3) is 0 Å². The van der Waals surface area contributed by atoms with E-state index in [2.05, 4.69) is 10.0 Å². The molecule has 0 aliphatic heterocycles. The summed E-state index contributed by atoms with van der Waals surface area (Å²) in [4.78, 5) is 12.5. The number of amides is 1. The van der Waals surface area contributed by atoms with Crippen LogP contribution in [0.5, 0.6) is 5.75 Å². The molecule has 3 aromatic carbocycles. The summed E-state index contributed by atoms with van der Waals surface area (Å²) < 4.78 is 33.6. The first-order chi connectivity index (χ1) is 14.6. The van der Waals surface area contributed by atoms with Crippen molar-refractivity contribution in [2.24, 2.45) is 0 Å². The quantitative estimate of drug-likeness (QED) is 0.554. The number of benzene rings is 3. The molecule has 0 aliphatic rings. The van der Waals surface area contributed by atoms with Gasteiger partial charge in [0, 0.05) is 5.69 Å². The minimum absolute atomic E-state index is 0.106. The lowest BCUT2D eigenvalue weighted by Gasteiger charge is -2.15. The summed E-state index contributed by atoms with van der Waals surface area (Å²) in [6.07, 6.45) is -0.711. The summed E-state index contributed by atoms with van der Waals surface area (Å²) in [5, 5.41) is 2.74. The predicted molar refractivity (Wildman–Crippen MR) is 123 cm³/mol. The first kappa shape index (κ1) is 22.4. The molecule has 0 aromatic heterocycles. The third-order valence-electron chi connectivity index (χ3n) is 4.76. The standard InChI is InChI=1S/C24H26N2O4S/c1-16-5-10-21(11-6-16)30-19(4)24(27)25-20-8-12-22(13-9-20)31(28,29)26-23-14-7-17(2)15-18(23)3/h5-15,19,26H,1-4H3,(H,25,27). The highest BCUT2D eigenvalue weighted by Crippen LogP contribution is 2.22. The highest BCUT2D eigenvalue weighted by atomic mass is 32.2. The monoisotopic (exact) mass is 438 g/mol. The summed E-state index contributed by atoms with van der Waals surface area (Å²) in [5.74, 6) is 0.275. The van der Waals surface area contributed by atoms with Gasteiger partial charge in [0.1, 0.15) is 5.75 Å². The fourth-order valence-corrected chi connectivity index (χ4v) is 4.10. The van der Waals surface area contributed by atoms with Crippen LogP contribution in [0.1, 0.15) is 23.6 Å². The molecule has 0 spiro atoms. The molecule has 31 heavy (non-hydrogen) atoms. The molecule has 2 N–H and O–H groups in total. The fraction of sp³-hybridized carbons (Fsp3) is 0.208. The molecule has 6 nitrogen and oxygen atoms in total. The maximum absolute atomic E-state index is 12.7. The largest absolute Gasteiger partial charge is 0.481 e. The molecular formula is C24H26N2O4S. The molecule has 7 heteroatoms. The third kappa shape index (κ3) is 5.86. The topological polar surface area (TPSA) is 84.5 Å². The molecule has 1 unspecified atom stereocenters. The number of anilines is 2. The van der Waals surface area contributed by atoms with Crippen LogP contribution in [-0.4, -0.2) is 20.4 Å². The van der Waals surface area contributed by atoms with Gasteiger partial charge in [-0.05, 0) is 75.7 Å². The number of hydrogen-bond acceptors (Lipinski definition) is 4. The first-order valence-corrected chi connectivity index (χ1v) is 11.4. The normalized spacial score (nSPS) is 12.1. The Morgan fingerprint density at radius 1 is 0.871 bits per heavy atom. The van der Waals surface area contributed by atoms with Crippen molar-refractivity contribution in [2.45, 2.75) is 38.7 Å². The Kier molecular flexibility index (Phi) is 6.65. The maximum atomic E-state index is 12.7. The van der Waals surface area contributed by atoms with E-state index in [1.54, 1.807) is 25.1 Å². The minimum atomic E-state index is -3.74. The molecule has 3 aromatic rings. The highest BCUT2D eigenvalue weighted by Gasteiger charge is 2.17. The van der Waals surface area contributed by atoms with E-state index in [0.29, 0.717) is 17.1 Å². The zero-order valence-electron chi connectivity index (χ0n) is 18.0. The maximum Gasteiger partial charge on any atom is 0.265 e. The number of carbonyl (C=O) groups excluding carboxylic acids is 1. The number of hydrogen-bond donors (Lipinski definition) is 2. The first-order valence-electron chi connectivity index (χ1n) is 9.88. The highest BCUT2D eigenvalue weighted by molar-refractivity contribution is 7.92. The van der Waals surface area contributed by atoms with Crippen LogP contribution < -0.4 is 14.8 Å². The van der Waals surface area contributed by atoms with Crippen molar-refractivity contribution in [3.8, 4) is 5.75 Å². The lowest BCUT2D eigenvalue weighted by atomic mass is 10.1. The summed E-state index contributed by atoms with van der Waals surface area (Å²) in [7, 11) is -3.74. The van der Waals surface area contributed by atoms with Gasteiger partial charge in [-0.1, -0.05) is 35.4 Å². The van der Waals surface area contributed by atoms with Crippen molar-refractivity contribution in [2.75, 3.05) is 10.0 Å². The van der Waals surface area contributed by atoms with E-state index in [1.165, 1.54) is 12.1 Å². The number of ether oxygens (including phenoxy) is 1. The number of nitrogens with one attached hydrogen (secondary N) is 2. The van der Waals surface area contributed by atoms with Gasteiger partial charge in [-0.2, -0.15) is 0 Å². The Labute approximate surface area is 183 Å². The second-order valence-corrected chi connectivity index (χ2v) is 9.19. The minimum Gasteiger partial charge on any atom is -0.481 e. The molecule has 0 radical (unpaired) electrons. The van der Waals surface area contributed by atoms with Crippen LogP contribution in [0, 0.1) is 20.8 Å². The molecule has 0 saturated carbocycles. The molecule has 1 amide bonds. The summed E-state index contributed by atoms with van der Waals surface area (Å²) in [6.45, 7) is 7.43. The van der Waals surface area contributed by atoms with Crippen molar-refractivity contribution in [3.05, 3.63) is 83.4 Å². The molecule has 0 heterocycles. The van der Waals surface area contributed by atoms with Crippen molar-refractivity contribution in [3.63, 3.8) is 0 Å². The van der Waals surface area contributed by atoms with Crippen LogP contribution in [0.3, 0.4) is 0 Å².